The number of nitrogens with one attached hydrogen (secondary N) is 1. The zero-order valence-electron chi connectivity index (χ0n) is 12.4. The van der Waals surface area contributed by atoms with Crippen LogP contribution in [-0.2, 0) is 9.59 Å². The number of aliphatic hydroxyl groups is 1. The molecule has 1 aromatic heterocycles. The first-order valence-electron chi connectivity index (χ1n) is 7.43. The number of piperidine rings is 1. The summed E-state index contributed by atoms with van der Waals surface area (Å²) in [6, 6.07) is 9.61. The van der Waals surface area contributed by atoms with Crippen molar-refractivity contribution in [2.24, 2.45) is 0 Å². The molecule has 1 fully saturated rings. The lowest BCUT2D eigenvalue weighted by Gasteiger charge is -2.29. The molecule has 0 saturated carbocycles. The van der Waals surface area contributed by atoms with Gasteiger partial charge in [0.25, 0.3) is 0 Å². The fraction of sp³-hybridized carbons (Fsp3) is 0.312. The predicted octanol–water partition coefficient (Wildman–Crippen LogP) is 1.73. The predicted molar refractivity (Wildman–Crippen MR) is 88.0 cm³/mol. The molecule has 0 radical (unpaired) electrons. The molecular formula is C16H17N3O3S. The van der Waals surface area contributed by atoms with Gasteiger partial charge in [-0.25, -0.2) is 4.98 Å². The SMILES string of the molecule is O=C(Nc1nc(-c2ccccc2)cs1)C(=O)N1CCC[C@H](O)C1. The molecule has 7 heteroatoms. The lowest BCUT2D eigenvalue weighted by Crippen LogP contribution is -2.46. The van der Waals surface area contributed by atoms with Crippen molar-refractivity contribution in [1.29, 1.82) is 0 Å². The molecule has 2 amide bonds. The average molecular weight is 331 g/mol. The van der Waals surface area contributed by atoms with E-state index in [0.29, 0.717) is 24.5 Å². The summed E-state index contributed by atoms with van der Waals surface area (Å²) in [4.78, 5) is 29.9. The lowest BCUT2D eigenvalue weighted by molar-refractivity contribution is -0.145. The zero-order valence-corrected chi connectivity index (χ0v) is 13.3. The number of hydrogen-bond acceptors (Lipinski definition) is 5. The van der Waals surface area contributed by atoms with E-state index in [1.807, 2.05) is 35.7 Å². The van der Waals surface area contributed by atoms with Crippen LogP contribution in [0, 0.1) is 0 Å². The van der Waals surface area contributed by atoms with Gasteiger partial charge in [0.15, 0.2) is 5.13 Å². The Bertz CT molecular complexity index is 702. The van der Waals surface area contributed by atoms with Gasteiger partial charge < -0.3 is 10.0 Å². The van der Waals surface area contributed by atoms with Crippen LogP contribution in [-0.4, -0.2) is 46.0 Å². The molecule has 0 unspecified atom stereocenters. The van der Waals surface area contributed by atoms with E-state index in [4.69, 9.17) is 0 Å². The Morgan fingerprint density at radius 2 is 2.09 bits per heavy atom. The van der Waals surface area contributed by atoms with Gasteiger partial charge in [0, 0.05) is 24.0 Å². The van der Waals surface area contributed by atoms with Gasteiger partial charge >= 0.3 is 11.8 Å². The molecule has 2 aromatic rings. The molecule has 6 nitrogen and oxygen atoms in total. The van der Waals surface area contributed by atoms with Crippen molar-refractivity contribution in [2.45, 2.75) is 18.9 Å². The maximum atomic E-state index is 12.1. The number of amides is 2. The molecule has 1 saturated heterocycles. The molecule has 1 aromatic carbocycles. The number of aromatic nitrogens is 1. The number of carbonyl (C=O) groups excluding carboxylic acids is 2. The number of likely N-dealkylation sites (tertiary alicyclic amines) is 1. The molecule has 1 aliphatic rings. The molecule has 0 bridgehead atoms. The molecule has 0 aliphatic carbocycles. The Morgan fingerprint density at radius 3 is 2.83 bits per heavy atom. The summed E-state index contributed by atoms with van der Waals surface area (Å²) in [5.74, 6) is -1.34. The van der Waals surface area contributed by atoms with Crippen LogP contribution in [0.4, 0.5) is 5.13 Å². The fourth-order valence-corrected chi connectivity index (χ4v) is 3.22. The molecule has 1 aliphatic heterocycles. The van der Waals surface area contributed by atoms with Crippen LogP contribution >= 0.6 is 11.3 Å². The van der Waals surface area contributed by atoms with Gasteiger partial charge in [-0.1, -0.05) is 30.3 Å². The van der Waals surface area contributed by atoms with Crippen LogP contribution in [0.25, 0.3) is 11.3 Å². The highest BCUT2D eigenvalue weighted by atomic mass is 32.1. The van der Waals surface area contributed by atoms with Crippen molar-refractivity contribution in [3.05, 3.63) is 35.7 Å². The van der Waals surface area contributed by atoms with Crippen molar-refractivity contribution in [1.82, 2.24) is 9.88 Å². The molecule has 120 valence electrons. The first kappa shape index (κ1) is 15.6. The number of aliphatic hydroxyl groups excluding tert-OH is 1. The summed E-state index contributed by atoms with van der Waals surface area (Å²) in [6.45, 7) is 0.704. The Labute approximate surface area is 137 Å². The number of rotatable bonds is 2. The Balaban J connectivity index is 1.64. The van der Waals surface area contributed by atoms with Crippen LogP contribution in [0.15, 0.2) is 35.7 Å². The van der Waals surface area contributed by atoms with E-state index < -0.39 is 17.9 Å². The Morgan fingerprint density at radius 1 is 1.30 bits per heavy atom. The first-order chi connectivity index (χ1) is 11.1. The van der Waals surface area contributed by atoms with E-state index in [1.54, 1.807) is 0 Å². The quantitative estimate of drug-likeness (QED) is 0.821. The summed E-state index contributed by atoms with van der Waals surface area (Å²) in [6.07, 6.45) is 0.818. The van der Waals surface area contributed by atoms with E-state index in [9.17, 15) is 14.7 Å². The smallest absolute Gasteiger partial charge is 0.315 e. The minimum absolute atomic E-state index is 0.208. The highest BCUT2D eigenvalue weighted by molar-refractivity contribution is 7.14. The monoisotopic (exact) mass is 331 g/mol. The van der Waals surface area contributed by atoms with E-state index in [1.165, 1.54) is 16.2 Å². The van der Waals surface area contributed by atoms with Gasteiger partial charge in [-0.05, 0) is 12.8 Å². The number of thiazole rings is 1. The molecule has 23 heavy (non-hydrogen) atoms. The third-order valence-electron chi connectivity index (χ3n) is 3.67. The first-order valence-corrected chi connectivity index (χ1v) is 8.31. The van der Waals surface area contributed by atoms with Gasteiger partial charge in [0.2, 0.25) is 0 Å². The van der Waals surface area contributed by atoms with Gasteiger partial charge in [-0.15, -0.1) is 11.3 Å². The third-order valence-corrected chi connectivity index (χ3v) is 4.43. The highest BCUT2D eigenvalue weighted by Crippen LogP contribution is 2.24. The number of benzene rings is 1. The minimum atomic E-state index is -0.715. The Hall–Kier alpha value is -2.25. The fourth-order valence-electron chi connectivity index (χ4n) is 2.51. The summed E-state index contributed by atoms with van der Waals surface area (Å²) in [5.41, 5.74) is 1.71. The third kappa shape index (κ3) is 3.75. The van der Waals surface area contributed by atoms with Crippen molar-refractivity contribution < 1.29 is 14.7 Å². The molecule has 1 atom stereocenters. The molecule has 3 rings (SSSR count). The second-order valence-electron chi connectivity index (χ2n) is 5.41. The van der Waals surface area contributed by atoms with Crippen molar-refractivity contribution in [2.75, 3.05) is 18.4 Å². The summed E-state index contributed by atoms with van der Waals surface area (Å²) in [5, 5.41) is 14.4. The number of nitrogens with zero attached hydrogens (tertiary/aromatic N) is 2. The van der Waals surface area contributed by atoms with Crippen LogP contribution in [0.5, 0.6) is 0 Å². The minimum Gasteiger partial charge on any atom is -0.391 e. The van der Waals surface area contributed by atoms with E-state index in [-0.39, 0.29) is 6.54 Å². The highest BCUT2D eigenvalue weighted by Gasteiger charge is 2.27. The van der Waals surface area contributed by atoms with Crippen molar-refractivity contribution in [3.63, 3.8) is 0 Å². The van der Waals surface area contributed by atoms with E-state index in [2.05, 4.69) is 10.3 Å². The zero-order chi connectivity index (χ0) is 16.2. The number of carbonyl (C=O) groups is 2. The maximum Gasteiger partial charge on any atom is 0.315 e. The number of anilines is 1. The van der Waals surface area contributed by atoms with Gasteiger partial charge in [-0.2, -0.15) is 0 Å². The van der Waals surface area contributed by atoms with Crippen LogP contribution in [0.1, 0.15) is 12.8 Å². The van der Waals surface area contributed by atoms with Gasteiger partial charge in [0.05, 0.1) is 11.8 Å². The normalized spacial score (nSPS) is 17.8. The molecule has 2 N–H and O–H groups in total. The van der Waals surface area contributed by atoms with Crippen LogP contribution < -0.4 is 5.32 Å². The molecular weight excluding hydrogens is 314 g/mol. The average Bonchev–Trinajstić information content (AvgIpc) is 3.03. The summed E-state index contributed by atoms with van der Waals surface area (Å²) >= 11 is 1.27. The van der Waals surface area contributed by atoms with Crippen molar-refractivity contribution >= 4 is 28.3 Å². The lowest BCUT2D eigenvalue weighted by atomic mass is 10.1. The van der Waals surface area contributed by atoms with Crippen molar-refractivity contribution in [3.8, 4) is 11.3 Å². The largest absolute Gasteiger partial charge is 0.391 e. The summed E-state index contributed by atoms with van der Waals surface area (Å²) < 4.78 is 0. The second-order valence-corrected chi connectivity index (χ2v) is 6.26. The number of hydrogen-bond donors (Lipinski definition) is 2. The van der Waals surface area contributed by atoms with E-state index >= 15 is 0 Å². The van der Waals surface area contributed by atoms with Gasteiger partial charge in [-0.3, -0.25) is 14.9 Å². The van der Waals surface area contributed by atoms with Gasteiger partial charge in [0.1, 0.15) is 0 Å². The molecule has 2 heterocycles. The summed E-state index contributed by atoms with van der Waals surface area (Å²) in [7, 11) is 0. The van der Waals surface area contributed by atoms with Crippen LogP contribution in [0.2, 0.25) is 0 Å². The van der Waals surface area contributed by atoms with E-state index in [0.717, 1.165) is 11.3 Å². The topological polar surface area (TPSA) is 82.5 Å². The second kappa shape index (κ2) is 6.89. The van der Waals surface area contributed by atoms with Crippen LogP contribution in [0.3, 0.4) is 0 Å². The number of β-amino-alcohol motifs (C(OH)–C–C–N with tert-alkyl or cyclic N) is 1. The Kier molecular flexibility index (Phi) is 4.68. The molecule has 0 spiro atoms. The standard InChI is InChI=1S/C16H17N3O3S/c20-12-7-4-8-19(9-12)15(22)14(21)18-16-17-13(10-23-16)11-5-2-1-3-6-11/h1-3,5-6,10,12,20H,4,7-9H2,(H,17,18,21)/t12-/m0/s1. The maximum absolute atomic E-state index is 12.1.